The molecule has 8 rings (SSSR count). The summed E-state index contributed by atoms with van der Waals surface area (Å²) in [6.07, 6.45) is 7.56. The largest absolute Gasteiger partial charge is 0.483 e. The summed E-state index contributed by atoms with van der Waals surface area (Å²) >= 11 is 0. The number of aliphatic hydroxyl groups excluding tert-OH is 1. The van der Waals surface area contributed by atoms with E-state index >= 15 is 0 Å². The lowest BCUT2D eigenvalue weighted by molar-refractivity contribution is -0.136. The van der Waals surface area contributed by atoms with Crippen LogP contribution < -0.4 is 16.0 Å². The summed E-state index contributed by atoms with van der Waals surface area (Å²) in [5.74, 6) is -1.56. The lowest BCUT2D eigenvalue weighted by Gasteiger charge is -2.34. The number of piperazine rings is 1. The van der Waals surface area contributed by atoms with Crippen molar-refractivity contribution in [2.45, 2.75) is 63.3 Å². The number of imide groups is 2. The first-order valence-electron chi connectivity index (χ1n) is 25.0. The van der Waals surface area contributed by atoms with Crippen LogP contribution in [0.15, 0.2) is 54.9 Å². The lowest BCUT2D eigenvalue weighted by atomic mass is 9.93. The smallest absolute Gasteiger partial charge is 0.290 e. The van der Waals surface area contributed by atoms with Crippen molar-refractivity contribution in [2.24, 2.45) is 0 Å². The van der Waals surface area contributed by atoms with Gasteiger partial charge < -0.3 is 54.2 Å². The summed E-state index contributed by atoms with van der Waals surface area (Å²) in [5.41, 5.74) is 5.40. The van der Waals surface area contributed by atoms with E-state index in [4.69, 9.17) is 48.5 Å². The molecule has 2 saturated heterocycles. The SMILES string of the molecule is COCCNc1ncc2c(-c3ccc(CN4CCN(CCOCCOCCOCCOCCNc5cccc6c5C(=O)N(C5CCC(=O)NC5=O)C6=O)CC4)cc3)cn([C@H]3CC[C@H](O)CC3)c2n1.O=CO.O=CO. The van der Waals surface area contributed by atoms with Gasteiger partial charge in [0.15, 0.2) is 0 Å². The van der Waals surface area contributed by atoms with Crippen LogP contribution >= 0.6 is 0 Å². The normalized spacial score (nSPS) is 19.0. The Morgan fingerprint density at radius 2 is 1.35 bits per heavy atom. The molecule has 2 aromatic heterocycles. The van der Waals surface area contributed by atoms with Gasteiger partial charge in [0.1, 0.15) is 11.7 Å². The average Bonchev–Trinajstić information content (AvgIpc) is 3.90. The van der Waals surface area contributed by atoms with Crippen LogP contribution in [0.3, 0.4) is 0 Å². The fourth-order valence-corrected chi connectivity index (χ4v) is 9.32. The standard InChI is InChI=1S/C49H65N9O10.2CH2O2/c1-64-22-15-51-49-52-31-39-40(33-57(45(39)54-49)36-9-11-37(59)12-10-36)35-7-5-34(6-8-35)32-56-19-17-55(18-20-56)21-24-66-26-28-68-30-29-67-27-25-65-23-16-50-41-4-2-3-38-44(41)48(63)58(47(38)62)42-13-14-43(60)53-46(42)61;2*2-1-3/h2-8,31,33,36-37,42,50,59H,9-30,32H2,1H3,(H,51,52,54)(H,53,60,61);2*1H,(H,2,3)/t36-,37-,42?;;. The number of hydrogen-bond donors (Lipinski definition) is 6. The molecule has 3 fully saturated rings. The molecule has 4 aliphatic rings. The Morgan fingerprint density at radius 1 is 0.730 bits per heavy atom. The number of methoxy groups -OCH3 is 1. The first-order valence-corrected chi connectivity index (χ1v) is 25.0. The van der Waals surface area contributed by atoms with Crippen LogP contribution in [-0.4, -0.2) is 206 Å². The minimum Gasteiger partial charge on any atom is -0.483 e. The van der Waals surface area contributed by atoms with Gasteiger partial charge in [0.05, 0.1) is 76.7 Å². The number of aliphatic hydroxyl groups is 1. The molecule has 4 amide bonds. The number of benzene rings is 2. The van der Waals surface area contributed by atoms with Crippen LogP contribution in [0.25, 0.3) is 22.2 Å². The van der Waals surface area contributed by atoms with Crippen LogP contribution in [0.1, 0.15) is 70.8 Å². The number of nitrogens with one attached hydrogen (secondary N) is 3. The zero-order valence-electron chi connectivity index (χ0n) is 41.9. The molecule has 1 aliphatic carbocycles. The maximum atomic E-state index is 13.2. The molecule has 6 N–H and O–H groups in total. The summed E-state index contributed by atoms with van der Waals surface area (Å²) in [4.78, 5) is 82.4. The Labute approximate surface area is 429 Å². The van der Waals surface area contributed by atoms with E-state index in [-0.39, 0.29) is 49.1 Å². The maximum Gasteiger partial charge on any atom is 0.290 e. The number of fused-ring (bicyclic) bond motifs is 2. The average molecular weight is 1030 g/mol. The Hall–Kier alpha value is -6.44. The predicted octanol–water partition coefficient (Wildman–Crippen LogP) is 2.73. The monoisotopic (exact) mass is 1030 g/mol. The van der Waals surface area contributed by atoms with Crippen LogP contribution in [0, 0.1) is 0 Å². The van der Waals surface area contributed by atoms with Gasteiger partial charge in [-0.1, -0.05) is 30.3 Å². The van der Waals surface area contributed by atoms with Crippen molar-refractivity contribution in [3.63, 3.8) is 0 Å². The van der Waals surface area contributed by atoms with Crippen LogP contribution in [-0.2, 0) is 49.4 Å². The molecule has 1 atom stereocenters. The minimum absolute atomic E-state index is 0.0676. The van der Waals surface area contributed by atoms with Gasteiger partial charge in [0, 0.05) is 101 Å². The Balaban J connectivity index is 0.00000142. The van der Waals surface area contributed by atoms with Gasteiger partial charge >= 0.3 is 0 Å². The number of anilines is 2. The fraction of sp³-hybridized carbons (Fsp3) is 0.529. The molecule has 2 aromatic carbocycles. The first-order chi connectivity index (χ1) is 36.1. The molecule has 23 nitrogen and oxygen atoms in total. The van der Waals surface area contributed by atoms with Crippen molar-refractivity contribution in [3.05, 3.63) is 71.5 Å². The van der Waals surface area contributed by atoms with Crippen LogP contribution in [0.5, 0.6) is 0 Å². The zero-order chi connectivity index (χ0) is 52.7. The number of rotatable bonds is 25. The highest BCUT2D eigenvalue weighted by molar-refractivity contribution is 6.25. The minimum atomic E-state index is -1.01. The van der Waals surface area contributed by atoms with Gasteiger partial charge in [-0.05, 0) is 55.4 Å². The van der Waals surface area contributed by atoms with E-state index in [0.717, 1.165) is 92.0 Å². The molecule has 0 bridgehead atoms. The maximum absolute atomic E-state index is 13.2. The summed E-state index contributed by atoms with van der Waals surface area (Å²) in [5, 5.41) is 33.6. The molecule has 74 heavy (non-hydrogen) atoms. The number of nitrogens with zero attached hydrogens (tertiary/aromatic N) is 6. The third-order valence-electron chi connectivity index (χ3n) is 13.1. The van der Waals surface area contributed by atoms with Gasteiger partial charge in [-0.3, -0.25) is 48.8 Å². The lowest BCUT2D eigenvalue weighted by Crippen LogP contribution is -2.54. The number of aromatic nitrogens is 3. The van der Waals surface area contributed by atoms with Gasteiger partial charge in [0.25, 0.3) is 24.8 Å². The summed E-state index contributed by atoms with van der Waals surface area (Å²) in [6.45, 7) is 10.6. The van der Waals surface area contributed by atoms with E-state index in [2.05, 4.69) is 65.8 Å². The van der Waals surface area contributed by atoms with E-state index < -0.39 is 29.7 Å². The van der Waals surface area contributed by atoms with E-state index in [9.17, 15) is 24.3 Å². The molecule has 5 heterocycles. The number of carboxylic acid groups (broad SMARTS) is 2. The van der Waals surface area contributed by atoms with E-state index in [1.54, 1.807) is 25.3 Å². The van der Waals surface area contributed by atoms with Crippen molar-refractivity contribution in [1.29, 1.82) is 0 Å². The number of carbonyl (C=O) groups excluding carboxylic acids is 4. The Morgan fingerprint density at radius 3 is 2.00 bits per heavy atom. The molecule has 0 spiro atoms. The highest BCUT2D eigenvalue weighted by Gasteiger charge is 2.45. The summed E-state index contributed by atoms with van der Waals surface area (Å²) in [6, 6.07) is 13.1. The van der Waals surface area contributed by atoms with E-state index in [1.807, 2.05) is 6.20 Å². The highest BCUT2D eigenvalue weighted by Crippen LogP contribution is 2.37. The number of piperidine rings is 1. The van der Waals surface area contributed by atoms with Crippen molar-refractivity contribution >= 4 is 59.2 Å². The van der Waals surface area contributed by atoms with E-state index in [1.165, 1.54) is 5.56 Å². The van der Waals surface area contributed by atoms with Crippen molar-refractivity contribution in [1.82, 2.24) is 34.6 Å². The fourth-order valence-electron chi connectivity index (χ4n) is 9.32. The third-order valence-corrected chi connectivity index (χ3v) is 13.1. The Kier molecular flexibility index (Phi) is 23.1. The second-order valence-electron chi connectivity index (χ2n) is 17.8. The molecule has 23 heteroatoms. The number of ether oxygens (including phenoxy) is 5. The zero-order valence-corrected chi connectivity index (χ0v) is 41.9. The second-order valence-corrected chi connectivity index (χ2v) is 17.8. The molecule has 3 aliphatic heterocycles. The van der Waals surface area contributed by atoms with Gasteiger partial charge in [0.2, 0.25) is 17.8 Å². The molecule has 1 unspecified atom stereocenters. The molecular formula is C51H69N9O14. The predicted molar refractivity (Wildman–Crippen MR) is 271 cm³/mol. The highest BCUT2D eigenvalue weighted by atomic mass is 16.6. The topological polar surface area (TPSA) is 286 Å². The summed E-state index contributed by atoms with van der Waals surface area (Å²) < 4.78 is 30.3. The quantitative estimate of drug-likeness (QED) is 0.0316. The van der Waals surface area contributed by atoms with Crippen LogP contribution in [0.2, 0.25) is 0 Å². The molecule has 0 radical (unpaired) electrons. The first kappa shape index (κ1) is 56.8. The van der Waals surface area contributed by atoms with Crippen LogP contribution in [0.4, 0.5) is 11.6 Å². The van der Waals surface area contributed by atoms with Crippen molar-refractivity contribution in [3.8, 4) is 11.1 Å². The van der Waals surface area contributed by atoms with Gasteiger partial charge in [-0.15, -0.1) is 0 Å². The van der Waals surface area contributed by atoms with Gasteiger partial charge in [-0.2, -0.15) is 4.98 Å². The van der Waals surface area contributed by atoms with E-state index in [0.29, 0.717) is 84.2 Å². The number of amides is 4. The number of hydrogen-bond acceptors (Lipinski definition) is 18. The molecular weight excluding hydrogens is 963 g/mol. The Bertz CT molecular complexity index is 2440. The molecule has 402 valence electrons. The van der Waals surface area contributed by atoms with Gasteiger partial charge in [-0.25, -0.2) is 4.98 Å². The third kappa shape index (κ3) is 16.0. The van der Waals surface area contributed by atoms with Crippen molar-refractivity contribution in [2.75, 3.05) is 123 Å². The van der Waals surface area contributed by atoms with Crippen molar-refractivity contribution < 1.29 is 67.8 Å². The number of carbonyl (C=O) groups is 6. The molecule has 1 saturated carbocycles. The second kappa shape index (κ2) is 30.1. The summed E-state index contributed by atoms with van der Waals surface area (Å²) in [7, 11) is 1.68. The molecule has 4 aromatic rings.